The predicted molar refractivity (Wildman–Crippen MR) is 203 cm³/mol. The molecule has 0 N–H and O–H groups in total. The third kappa shape index (κ3) is 5.58. The van der Waals surface area contributed by atoms with Gasteiger partial charge in [0.25, 0.3) is 0 Å². The van der Waals surface area contributed by atoms with Crippen LogP contribution < -0.4 is 0 Å². The maximum Gasteiger partial charge on any atom is 0.0747 e. The maximum atomic E-state index is 6.03. The molecule has 3 heteroatoms. The van der Waals surface area contributed by atoms with Gasteiger partial charge in [-0.3, -0.25) is 0 Å². The average molecular weight is 630 g/mol. The lowest BCUT2D eigenvalue weighted by atomic mass is 9.93. The van der Waals surface area contributed by atoms with Crippen LogP contribution in [0.4, 0.5) is 0 Å². The van der Waals surface area contributed by atoms with Crippen LogP contribution in [0.1, 0.15) is 97.7 Å². The van der Waals surface area contributed by atoms with E-state index >= 15 is 0 Å². The van der Waals surface area contributed by atoms with Gasteiger partial charge in [-0.15, -0.1) is 0 Å². The van der Waals surface area contributed by atoms with Crippen molar-refractivity contribution in [2.24, 2.45) is 7.05 Å². The number of hydrogen-bond donors (Lipinski definition) is 0. The van der Waals surface area contributed by atoms with Gasteiger partial charge in [-0.1, -0.05) is 103 Å². The number of rotatable bonds is 10. The first kappa shape index (κ1) is 32.8. The molecule has 2 nitrogen and oxygen atoms in total. The predicted octanol–water partition coefficient (Wildman–Crippen LogP) is 12.5. The summed E-state index contributed by atoms with van der Waals surface area (Å²) in [5, 5.41) is 2.72. The molecule has 2 aliphatic rings. The van der Waals surface area contributed by atoms with Crippen LogP contribution in [0, 0.1) is 0 Å². The van der Waals surface area contributed by atoms with Crippen LogP contribution in [0.25, 0.3) is 39.0 Å². The van der Waals surface area contributed by atoms with Crippen molar-refractivity contribution in [1.82, 2.24) is 4.57 Å². The Morgan fingerprint density at radius 1 is 0.717 bits per heavy atom. The molecule has 0 radical (unpaired) electrons. The van der Waals surface area contributed by atoms with Crippen LogP contribution >= 0.6 is 0 Å². The topological polar surface area (TPSA) is 14.2 Å². The summed E-state index contributed by atoms with van der Waals surface area (Å²) >= 11 is 0. The average Bonchev–Trinajstić information content (AvgIpc) is 3.59. The zero-order valence-electron chi connectivity index (χ0n) is 30.1. The van der Waals surface area contributed by atoms with Crippen LogP contribution in [0.15, 0.2) is 88.5 Å². The molecule has 0 fully saturated rings. The summed E-state index contributed by atoms with van der Waals surface area (Å²) in [5.41, 5.74) is 17.4. The number of para-hydroxylation sites is 1. The van der Waals surface area contributed by atoms with Gasteiger partial charge < -0.3 is 9.30 Å². The van der Waals surface area contributed by atoms with E-state index in [4.69, 9.17) is 4.74 Å². The van der Waals surface area contributed by atoms with Crippen molar-refractivity contribution in [2.75, 3.05) is 6.61 Å². The van der Waals surface area contributed by atoms with Crippen molar-refractivity contribution in [1.29, 1.82) is 0 Å². The molecule has 2 atom stereocenters. The van der Waals surface area contributed by atoms with Crippen molar-refractivity contribution in [3.63, 3.8) is 0 Å². The zero-order valence-corrected chi connectivity index (χ0v) is 31.1. The second kappa shape index (κ2) is 12.5. The minimum Gasteiger partial charge on any atom is -0.376 e. The molecule has 2 unspecified atom stereocenters. The number of aromatic nitrogens is 1. The Hall–Kier alpha value is -3.14. The number of benzene rings is 3. The highest BCUT2D eigenvalue weighted by molar-refractivity contribution is 6.83. The van der Waals surface area contributed by atoms with Gasteiger partial charge in [-0.05, 0) is 113 Å². The second-order valence-electron chi connectivity index (χ2n) is 15.6. The fourth-order valence-corrected chi connectivity index (χ4v) is 15.7. The lowest BCUT2D eigenvalue weighted by Gasteiger charge is -2.43. The molecule has 3 aromatic carbocycles. The van der Waals surface area contributed by atoms with E-state index in [-0.39, 0.29) is 5.60 Å². The normalized spacial score (nSPS) is 18.7. The summed E-state index contributed by atoms with van der Waals surface area (Å²) in [6.07, 6.45) is 7.58. The molecule has 46 heavy (non-hydrogen) atoms. The molecule has 0 saturated carbocycles. The quantitative estimate of drug-likeness (QED) is 0.126. The summed E-state index contributed by atoms with van der Waals surface area (Å²) in [6.45, 7) is 22.2. The molecule has 0 saturated heterocycles. The fourth-order valence-electron chi connectivity index (χ4n) is 9.23. The van der Waals surface area contributed by atoms with Crippen molar-refractivity contribution >= 4 is 36.0 Å². The number of hydrogen-bond acceptors (Lipinski definition) is 1. The molecule has 1 heterocycles. The van der Waals surface area contributed by atoms with Gasteiger partial charge in [0.05, 0.1) is 13.7 Å². The number of nitrogens with zero attached hydrogens (tertiary/aromatic N) is 1. The number of fused-ring (bicyclic) bond motifs is 4. The van der Waals surface area contributed by atoms with Gasteiger partial charge in [-0.25, -0.2) is 0 Å². The van der Waals surface area contributed by atoms with E-state index in [9.17, 15) is 0 Å². The summed E-state index contributed by atoms with van der Waals surface area (Å²) in [5.74, 6) is 0. The first-order valence-electron chi connectivity index (χ1n) is 17.6. The third-order valence-electron chi connectivity index (χ3n) is 11.6. The minimum atomic E-state index is -1.94. The molecule has 2 aliphatic carbocycles. The Morgan fingerprint density at radius 2 is 1.35 bits per heavy atom. The standard InChI is InChI=1S/C43H55NOSi/c1-28-27-37-33(34-21-18-24-39-40(34)36-19-13-14-23-38(36)44(39)9)20-17-22-35(37)41(28)46(10,42-31(4)29(2)30(3)32(42)5)26-16-12-11-15-25-45-43(6,7)8/h13-14,17-24,27,41-42H,11-12,15-16,25-26H2,1-10H3. The Kier molecular flexibility index (Phi) is 8.89. The van der Waals surface area contributed by atoms with E-state index in [2.05, 4.69) is 140 Å². The zero-order chi connectivity index (χ0) is 33.0. The Labute approximate surface area is 279 Å². The van der Waals surface area contributed by atoms with Gasteiger partial charge >= 0.3 is 0 Å². The molecule has 242 valence electrons. The van der Waals surface area contributed by atoms with Crippen molar-refractivity contribution in [3.05, 3.63) is 99.7 Å². The number of allylic oxidation sites excluding steroid dienone is 5. The van der Waals surface area contributed by atoms with Gasteiger partial charge in [0, 0.05) is 41.0 Å². The minimum absolute atomic E-state index is 0.0465. The van der Waals surface area contributed by atoms with Gasteiger partial charge in [-0.2, -0.15) is 0 Å². The molecular weight excluding hydrogens is 575 g/mol. The van der Waals surface area contributed by atoms with Crippen molar-refractivity contribution in [3.8, 4) is 11.1 Å². The van der Waals surface area contributed by atoms with Gasteiger partial charge in [0.1, 0.15) is 0 Å². The van der Waals surface area contributed by atoms with E-state index in [0.717, 1.165) is 13.0 Å². The highest BCUT2D eigenvalue weighted by atomic mass is 28.3. The summed E-state index contributed by atoms with van der Waals surface area (Å²) in [6, 6.07) is 24.3. The van der Waals surface area contributed by atoms with Crippen LogP contribution in [0.3, 0.4) is 0 Å². The number of aryl methyl sites for hydroxylation is 1. The maximum absolute atomic E-state index is 6.03. The Morgan fingerprint density at radius 3 is 2.07 bits per heavy atom. The molecule has 0 amide bonds. The first-order chi connectivity index (χ1) is 21.8. The number of unbranched alkanes of at least 4 members (excludes halogenated alkanes) is 3. The first-order valence-corrected chi connectivity index (χ1v) is 20.5. The van der Waals surface area contributed by atoms with E-state index in [0.29, 0.717) is 11.1 Å². The molecule has 0 spiro atoms. The summed E-state index contributed by atoms with van der Waals surface area (Å²) in [7, 11) is 0.262. The van der Waals surface area contributed by atoms with E-state index in [1.165, 1.54) is 74.9 Å². The highest BCUT2D eigenvalue weighted by Gasteiger charge is 2.49. The van der Waals surface area contributed by atoms with Crippen LogP contribution in [-0.2, 0) is 11.8 Å². The second-order valence-corrected chi connectivity index (χ2v) is 20.3. The van der Waals surface area contributed by atoms with Gasteiger partial charge in [0.2, 0.25) is 0 Å². The Bertz CT molecular complexity index is 1870. The van der Waals surface area contributed by atoms with Crippen molar-refractivity contribution in [2.45, 2.75) is 110 Å². The van der Waals surface area contributed by atoms with Gasteiger partial charge in [0.15, 0.2) is 0 Å². The SMILES string of the molecule is CC1=Cc2c(-c3cccc4c3c3ccccc3n4C)cccc2C1[Si](C)(CCCCCCOC(C)(C)C)C1C(C)=C(C)C(C)=C1C. The molecule has 0 bridgehead atoms. The fraction of sp³-hybridized carbons (Fsp3) is 0.442. The molecule has 6 rings (SSSR count). The molecular formula is C43H55NOSi. The van der Waals surface area contributed by atoms with E-state index in [1.807, 2.05) is 0 Å². The van der Waals surface area contributed by atoms with Crippen molar-refractivity contribution < 1.29 is 4.74 Å². The smallest absolute Gasteiger partial charge is 0.0747 e. The highest BCUT2D eigenvalue weighted by Crippen LogP contribution is 2.57. The summed E-state index contributed by atoms with van der Waals surface area (Å²) < 4.78 is 8.39. The lowest BCUT2D eigenvalue weighted by Crippen LogP contribution is -2.44. The van der Waals surface area contributed by atoms with Crippen LogP contribution in [0.5, 0.6) is 0 Å². The monoisotopic (exact) mass is 629 g/mol. The largest absolute Gasteiger partial charge is 0.376 e. The Balaban J connectivity index is 1.40. The third-order valence-corrected chi connectivity index (χ3v) is 17.3. The van der Waals surface area contributed by atoms with Crippen LogP contribution in [0.2, 0.25) is 18.1 Å². The van der Waals surface area contributed by atoms with E-state index in [1.54, 1.807) is 22.3 Å². The molecule has 1 aromatic heterocycles. The number of ether oxygens (including phenoxy) is 1. The summed E-state index contributed by atoms with van der Waals surface area (Å²) in [4.78, 5) is 0. The molecule has 0 aliphatic heterocycles. The molecule has 4 aromatic rings. The van der Waals surface area contributed by atoms with Crippen LogP contribution in [-0.4, -0.2) is 24.8 Å². The van der Waals surface area contributed by atoms with E-state index < -0.39 is 8.07 Å². The lowest BCUT2D eigenvalue weighted by molar-refractivity contribution is -0.00471.